The molecule has 1 unspecified atom stereocenters. The summed E-state index contributed by atoms with van der Waals surface area (Å²) >= 11 is 5.89. The van der Waals surface area contributed by atoms with E-state index in [9.17, 15) is 13.2 Å². The van der Waals surface area contributed by atoms with E-state index in [2.05, 4.69) is 0 Å². The van der Waals surface area contributed by atoms with Crippen LogP contribution in [0, 0.1) is 11.3 Å². The van der Waals surface area contributed by atoms with E-state index >= 15 is 0 Å². The molecular formula is C12H11ClN2O4S. The van der Waals surface area contributed by atoms with Gasteiger partial charge in [-0.05, 0) is 31.0 Å². The highest BCUT2D eigenvalue weighted by atomic mass is 35.5. The van der Waals surface area contributed by atoms with Gasteiger partial charge in [0.15, 0.2) is 0 Å². The summed E-state index contributed by atoms with van der Waals surface area (Å²) in [6, 6.07) is 4.61. The Morgan fingerprint density at radius 3 is 2.75 bits per heavy atom. The van der Waals surface area contributed by atoms with Crippen molar-refractivity contribution in [1.82, 2.24) is 4.31 Å². The topological polar surface area (TPSA) is 98.5 Å². The van der Waals surface area contributed by atoms with Crippen molar-refractivity contribution in [2.45, 2.75) is 23.8 Å². The first-order chi connectivity index (χ1) is 9.37. The molecule has 8 heteroatoms. The van der Waals surface area contributed by atoms with E-state index in [0.717, 1.165) is 4.31 Å². The van der Waals surface area contributed by atoms with E-state index in [1.54, 1.807) is 0 Å². The minimum absolute atomic E-state index is 0.0833. The van der Waals surface area contributed by atoms with Crippen molar-refractivity contribution in [2.24, 2.45) is 0 Å². The first-order valence-corrected chi connectivity index (χ1v) is 7.64. The van der Waals surface area contributed by atoms with Gasteiger partial charge in [0.2, 0.25) is 10.0 Å². The van der Waals surface area contributed by atoms with Crippen LogP contribution in [-0.4, -0.2) is 36.4 Å². The minimum atomic E-state index is -3.98. The lowest BCUT2D eigenvalue weighted by atomic mass is 10.2. The third-order valence-corrected chi connectivity index (χ3v) is 5.53. The Balaban J connectivity index is 2.46. The van der Waals surface area contributed by atoms with Crippen molar-refractivity contribution in [2.75, 3.05) is 6.54 Å². The second-order valence-electron chi connectivity index (χ2n) is 4.37. The minimum Gasteiger partial charge on any atom is -0.480 e. The highest BCUT2D eigenvalue weighted by Gasteiger charge is 2.40. The molecule has 1 aromatic carbocycles. The fraction of sp³-hybridized carbons (Fsp3) is 0.333. The molecule has 2 rings (SSSR count). The fourth-order valence-corrected chi connectivity index (χ4v) is 4.35. The summed E-state index contributed by atoms with van der Waals surface area (Å²) in [4.78, 5) is 10.9. The van der Waals surface area contributed by atoms with Gasteiger partial charge in [0.1, 0.15) is 10.9 Å². The number of aliphatic carboxylic acids is 1. The molecule has 0 aromatic heterocycles. The summed E-state index contributed by atoms with van der Waals surface area (Å²) in [5.74, 6) is -1.17. The van der Waals surface area contributed by atoms with Crippen molar-refractivity contribution < 1.29 is 18.3 Å². The molecule has 0 aliphatic carbocycles. The van der Waals surface area contributed by atoms with Crippen LogP contribution in [0.2, 0.25) is 5.02 Å². The number of halogens is 1. The van der Waals surface area contributed by atoms with Crippen LogP contribution < -0.4 is 0 Å². The van der Waals surface area contributed by atoms with Gasteiger partial charge in [-0.2, -0.15) is 9.57 Å². The molecule has 20 heavy (non-hydrogen) atoms. The summed E-state index contributed by atoms with van der Waals surface area (Å²) in [5, 5.41) is 17.7. The third-order valence-electron chi connectivity index (χ3n) is 3.14. The fourth-order valence-electron chi connectivity index (χ4n) is 2.18. The SMILES string of the molecule is N#Cc1ccc(S(=O)(=O)N2CCCC2C(=O)O)c(Cl)c1. The van der Waals surface area contributed by atoms with Gasteiger partial charge in [-0.15, -0.1) is 0 Å². The molecule has 1 atom stereocenters. The van der Waals surface area contributed by atoms with Gasteiger partial charge in [0.05, 0.1) is 16.7 Å². The molecule has 6 nitrogen and oxygen atoms in total. The van der Waals surface area contributed by atoms with Crippen LogP contribution in [0.15, 0.2) is 23.1 Å². The zero-order valence-corrected chi connectivity index (χ0v) is 11.9. The summed E-state index contributed by atoms with van der Waals surface area (Å²) in [6.45, 7) is 0.148. The Morgan fingerprint density at radius 2 is 2.20 bits per heavy atom. The lowest BCUT2D eigenvalue weighted by molar-refractivity contribution is -0.140. The molecule has 1 saturated heterocycles. The second-order valence-corrected chi connectivity index (χ2v) is 6.64. The van der Waals surface area contributed by atoms with E-state index in [1.807, 2.05) is 6.07 Å². The molecule has 0 spiro atoms. The average molecular weight is 315 g/mol. The van der Waals surface area contributed by atoms with E-state index in [0.29, 0.717) is 6.42 Å². The van der Waals surface area contributed by atoms with E-state index < -0.39 is 22.0 Å². The number of nitriles is 1. The molecule has 0 bridgehead atoms. The van der Waals surface area contributed by atoms with Gasteiger partial charge in [-0.3, -0.25) is 4.79 Å². The maximum atomic E-state index is 12.5. The number of carbonyl (C=O) groups is 1. The molecule has 0 amide bonds. The van der Waals surface area contributed by atoms with Crippen LogP contribution in [0.5, 0.6) is 0 Å². The molecule has 0 radical (unpaired) electrons. The number of hydrogen-bond acceptors (Lipinski definition) is 4. The highest BCUT2D eigenvalue weighted by Crippen LogP contribution is 2.30. The zero-order chi connectivity index (χ0) is 14.9. The van der Waals surface area contributed by atoms with Gasteiger partial charge < -0.3 is 5.11 Å². The van der Waals surface area contributed by atoms with Crippen LogP contribution in [0.25, 0.3) is 0 Å². The summed E-state index contributed by atoms with van der Waals surface area (Å²) in [6.07, 6.45) is 0.770. The zero-order valence-electron chi connectivity index (χ0n) is 10.3. The van der Waals surface area contributed by atoms with Crippen LogP contribution in [0.4, 0.5) is 0 Å². The summed E-state index contributed by atoms with van der Waals surface area (Å²) < 4.78 is 25.9. The Bertz CT molecular complexity index is 696. The molecule has 1 aliphatic heterocycles. The Hall–Kier alpha value is -1.62. The average Bonchev–Trinajstić information content (AvgIpc) is 2.88. The van der Waals surface area contributed by atoms with Crippen LogP contribution in [-0.2, 0) is 14.8 Å². The molecular weight excluding hydrogens is 304 g/mol. The van der Waals surface area contributed by atoms with Crippen LogP contribution in [0.1, 0.15) is 18.4 Å². The van der Waals surface area contributed by atoms with Crippen LogP contribution >= 0.6 is 11.6 Å². The van der Waals surface area contributed by atoms with Crippen molar-refractivity contribution >= 4 is 27.6 Å². The van der Waals surface area contributed by atoms with Gasteiger partial charge in [-0.1, -0.05) is 11.6 Å². The first kappa shape index (κ1) is 14.8. The maximum Gasteiger partial charge on any atom is 0.322 e. The summed E-state index contributed by atoms with van der Waals surface area (Å²) in [5.41, 5.74) is 0.241. The normalized spacial score (nSPS) is 19.7. The monoisotopic (exact) mass is 314 g/mol. The van der Waals surface area contributed by atoms with Crippen LogP contribution in [0.3, 0.4) is 0 Å². The number of rotatable bonds is 3. The van der Waals surface area contributed by atoms with Gasteiger partial charge >= 0.3 is 5.97 Å². The molecule has 1 aromatic rings. The van der Waals surface area contributed by atoms with Crippen molar-refractivity contribution in [3.63, 3.8) is 0 Å². The smallest absolute Gasteiger partial charge is 0.322 e. The standard InChI is InChI=1S/C12H11ClN2O4S/c13-9-6-8(7-14)3-4-11(9)20(18,19)15-5-1-2-10(15)12(16)17/h3-4,6,10H,1-2,5H2,(H,16,17). The van der Waals surface area contributed by atoms with E-state index in [-0.39, 0.29) is 28.4 Å². The van der Waals surface area contributed by atoms with Gasteiger partial charge in [0.25, 0.3) is 0 Å². The number of benzene rings is 1. The van der Waals surface area contributed by atoms with Crippen molar-refractivity contribution in [3.05, 3.63) is 28.8 Å². The largest absolute Gasteiger partial charge is 0.480 e. The molecule has 1 heterocycles. The maximum absolute atomic E-state index is 12.5. The molecule has 0 saturated carbocycles. The number of carboxylic acid groups (broad SMARTS) is 1. The van der Waals surface area contributed by atoms with E-state index in [1.165, 1.54) is 18.2 Å². The molecule has 1 fully saturated rings. The number of hydrogen-bond donors (Lipinski definition) is 1. The summed E-state index contributed by atoms with van der Waals surface area (Å²) in [7, 11) is -3.98. The second kappa shape index (κ2) is 5.40. The third kappa shape index (κ3) is 2.50. The molecule has 106 valence electrons. The van der Waals surface area contributed by atoms with Gasteiger partial charge in [-0.25, -0.2) is 8.42 Å². The predicted octanol–water partition coefficient (Wildman–Crippen LogP) is 1.45. The van der Waals surface area contributed by atoms with Crippen molar-refractivity contribution in [1.29, 1.82) is 5.26 Å². The Morgan fingerprint density at radius 1 is 1.50 bits per heavy atom. The lowest BCUT2D eigenvalue weighted by Crippen LogP contribution is -2.40. The van der Waals surface area contributed by atoms with Crippen molar-refractivity contribution in [3.8, 4) is 6.07 Å². The molecule has 1 aliphatic rings. The number of nitrogens with zero attached hydrogens (tertiary/aromatic N) is 2. The molecule has 1 N–H and O–H groups in total. The predicted molar refractivity (Wildman–Crippen MR) is 70.7 cm³/mol. The Labute approximate surface area is 121 Å². The lowest BCUT2D eigenvalue weighted by Gasteiger charge is -2.21. The number of sulfonamides is 1. The number of carboxylic acids is 1. The highest BCUT2D eigenvalue weighted by molar-refractivity contribution is 7.89. The quantitative estimate of drug-likeness (QED) is 0.910. The first-order valence-electron chi connectivity index (χ1n) is 5.82. The van der Waals surface area contributed by atoms with E-state index in [4.69, 9.17) is 22.0 Å². The Kier molecular flexibility index (Phi) is 3.99. The van der Waals surface area contributed by atoms with Gasteiger partial charge in [0, 0.05) is 6.54 Å².